The van der Waals surface area contributed by atoms with Crippen molar-refractivity contribution in [1.29, 1.82) is 0 Å². The summed E-state index contributed by atoms with van der Waals surface area (Å²) in [7, 11) is 2.00. The molecule has 0 amide bonds. The van der Waals surface area contributed by atoms with Crippen LogP contribution in [0.25, 0.3) is 0 Å². The molecule has 1 heterocycles. The molecule has 0 radical (unpaired) electrons. The summed E-state index contributed by atoms with van der Waals surface area (Å²) in [5.41, 5.74) is 6.72. The third kappa shape index (κ3) is 3.86. The lowest BCUT2D eigenvalue weighted by Crippen LogP contribution is -2.32. The SMILES string of the molecule is CC(CN(C)Cc1ccncc1)/C(N)=N/O. The van der Waals surface area contributed by atoms with Crippen molar-refractivity contribution in [1.82, 2.24) is 9.88 Å². The third-order valence-electron chi connectivity index (χ3n) is 2.41. The van der Waals surface area contributed by atoms with E-state index in [1.165, 1.54) is 5.56 Å². The number of hydrogen-bond acceptors (Lipinski definition) is 4. The van der Waals surface area contributed by atoms with E-state index in [1.54, 1.807) is 12.4 Å². The first kappa shape index (κ1) is 12.4. The number of amidine groups is 1. The van der Waals surface area contributed by atoms with Gasteiger partial charge in [0.05, 0.1) is 0 Å². The van der Waals surface area contributed by atoms with E-state index in [-0.39, 0.29) is 11.8 Å². The molecule has 0 fully saturated rings. The van der Waals surface area contributed by atoms with E-state index in [0.717, 1.165) is 13.1 Å². The van der Waals surface area contributed by atoms with Crippen LogP contribution in [0.5, 0.6) is 0 Å². The average molecular weight is 222 g/mol. The summed E-state index contributed by atoms with van der Waals surface area (Å²) in [5.74, 6) is 0.304. The zero-order valence-corrected chi connectivity index (χ0v) is 9.67. The first-order chi connectivity index (χ1) is 7.63. The van der Waals surface area contributed by atoms with Gasteiger partial charge in [0.1, 0.15) is 5.84 Å². The maximum Gasteiger partial charge on any atom is 0.143 e. The Bertz CT molecular complexity index is 339. The molecular weight excluding hydrogens is 204 g/mol. The smallest absolute Gasteiger partial charge is 0.143 e. The highest BCUT2D eigenvalue weighted by molar-refractivity contribution is 5.82. The van der Waals surface area contributed by atoms with Crippen LogP contribution in [-0.4, -0.2) is 34.5 Å². The van der Waals surface area contributed by atoms with Gasteiger partial charge in [0, 0.05) is 31.4 Å². The summed E-state index contributed by atoms with van der Waals surface area (Å²) in [6.07, 6.45) is 3.55. The quantitative estimate of drug-likeness (QED) is 0.336. The number of nitrogens with zero attached hydrogens (tertiary/aromatic N) is 3. The van der Waals surface area contributed by atoms with Crippen LogP contribution in [0.15, 0.2) is 29.7 Å². The number of oxime groups is 1. The largest absolute Gasteiger partial charge is 0.409 e. The molecule has 3 N–H and O–H groups in total. The molecule has 1 atom stereocenters. The van der Waals surface area contributed by atoms with Crippen LogP contribution in [0.1, 0.15) is 12.5 Å². The van der Waals surface area contributed by atoms with Gasteiger partial charge in [-0.2, -0.15) is 0 Å². The highest BCUT2D eigenvalue weighted by Gasteiger charge is 2.10. The van der Waals surface area contributed by atoms with Gasteiger partial charge in [-0.3, -0.25) is 4.98 Å². The number of hydrogen-bond donors (Lipinski definition) is 2. The molecule has 0 aliphatic heterocycles. The molecule has 0 bridgehead atoms. The summed E-state index contributed by atoms with van der Waals surface area (Å²) < 4.78 is 0. The number of aromatic nitrogens is 1. The Morgan fingerprint density at radius 2 is 2.19 bits per heavy atom. The predicted octanol–water partition coefficient (Wildman–Crippen LogP) is 0.896. The Morgan fingerprint density at radius 3 is 2.75 bits per heavy atom. The van der Waals surface area contributed by atoms with Crippen LogP contribution in [0.4, 0.5) is 0 Å². The number of pyridine rings is 1. The highest BCUT2D eigenvalue weighted by atomic mass is 16.4. The van der Waals surface area contributed by atoms with Gasteiger partial charge >= 0.3 is 0 Å². The fourth-order valence-corrected chi connectivity index (χ4v) is 1.52. The average Bonchev–Trinajstić information content (AvgIpc) is 2.29. The second kappa shape index (κ2) is 6.07. The van der Waals surface area contributed by atoms with Crippen LogP contribution in [-0.2, 0) is 6.54 Å². The first-order valence-electron chi connectivity index (χ1n) is 5.18. The molecule has 1 aromatic heterocycles. The fourth-order valence-electron chi connectivity index (χ4n) is 1.52. The minimum Gasteiger partial charge on any atom is -0.409 e. The van der Waals surface area contributed by atoms with Gasteiger partial charge in [-0.15, -0.1) is 0 Å². The van der Waals surface area contributed by atoms with Crippen LogP contribution in [0.3, 0.4) is 0 Å². The van der Waals surface area contributed by atoms with Crippen molar-refractivity contribution in [3.8, 4) is 0 Å². The molecule has 0 saturated carbocycles. The van der Waals surface area contributed by atoms with Crippen molar-refractivity contribution >= 4 is 5.84 Å². The molecule has 88 valence electrons. The van der Waals surface area contributed by atoms with Gasteiger partial charge in [0.2, 0.25) is 0 Å². The van der Waals surface area contributed by atoms with Crippen molar-refractivity contribution in [2.75, 3.05) is 13.6 Å². The van der Waals surface area contributed by atoms with E-state index >= 15 is 0 Å². The Balaban J connectivity index is 2.45. The molecule has 1 rings (SSSR count). The van der Waals surface area contributed by atoms with Crippen molar-refractivity contribution in [3.05, 3.63) is 30.1 Å². The van der Waals surface area contributed by atoms with Crippen molar-refractivity contribution in [2.24, 2.45) is 16.8 Å². The lowest BCUT2D eigenvalue weighted by molar-refractivity contribution is 0.290. The van der Waals surface area contributed by atoms with Crippen molar-refractivity contribution in [2.45, 2.75) is 13.5 Å². The van der Waals surface area contributed by atoms with E-state index < -0.39 is 0 Å². The third-order valence-corrected chi connectivity index (χ3v) is 2.41. The Morgan fingerprint density at radius 1 is 1.56 bits per heavy atom. The molecule has 0 spiro atoms. The van der Waals surface area contributed by atoms with Crippen molar-refractivity contribution in [3.63, 3.8) is 0 Å². The normalized spacial score (nSPS) is 14.1. The maximum absolute atomic E-state index is 8.54. The van der Waals surface area contributed by atoms with Crippen LogP contribution in [0.2, 0.25) is 0 Å². The fraction of sp³-hybridized carbons (Fsp3) is 0.455. The second-order valence-electron chi connectivity index (χ2n) is 3.98. The zero-order chi connectivity index (χ0) is 12.0. The van der Waals surface area contributed by atoms with E-state index in [1.807, 2.05) is 26.1 Å². The Hall–Kier alpha value is -1.62. The van der Waals surface area contributed by atoms with Gasteiger partial charge in [-0.25, -0.2) is 0 Å². The van der Waals surface area contributed by atoms with Gasteiger partial charge in [-0.05, 0) is 24.7 Å². The van der Waals surface area contributed by atoms with Gasteiger partial charge < -0.3 is 15.8 Å². The second-order valence-corrected chi connectivity index (χ2v) is 3.98. The summed E-state index contributed by atoms with van der Waals surface area (Å²) in [6.45, 7) is 3.50. The molecule has 16 heavy (non-hydrogen) atoms. The molecule has 0 aromatic carbocycles. The van der Waals surface area contributed by atoms with Gasteiger partial charge in [-0.1, -0.05) is 12.1 Å². The molecule has 5 nitrogen and oxygen atoms in total. The highest BCUT2D eigenvalue weighted by Crippen LogP contribution is 2.04. The van der Waals surface area contributed by atoms with Crippen LogP contribution >= 0.6 is 0 Å². The molecular formula is C11H18N4O. The van der Waals surface area contributed by atoms with Gasteiger partial charge in [0.25, 0.3) is 0 Å². The van der Waals surface area contributed by atoms with E-state index in [9.17, 15) is 0 Å². The van der Waals surface area contributed by atoms with E-state index in [2.05, 4.69) is 15.0 Å². The summed E-state index contributed by atoms with van der Waals surface area (Å²) >= 11 is 0. The van der Waals surface area contributed by atoms with Crippen LogP contribution in [0, 0.1) is 5.92 Å². The molecule has 1 unspecified atom stereocenters. The van der Waals surface area contributed by atoms with E-state index in [0.29, 0.717) is 0 Å². The summed E-state index contributed by atoms with van der Waals surface area (Å²) in [4.78, 5) is 6.09. The minimum absolute atomic E-state index is 0.0387. The lowest BCUT2D eigenvalue weighted by Gasteiger charge is -2.20. The molecule has 0 saturated heterocycles. The molecule has 5 heteroatoms. The van der Waals surface area contributed by atoms with Gasteiger partial charge in [0.15, 0.2) is 0 Å². The summed E-state index contributed by atoms with van der Waals surface area (Å²) in [6, 6.07) is 3.95. The maximum atomic E-state index is 8.54. The number of rotatable bonds is 5. The molecule has 0 aliphatic carbocycles. The molecule has 1 aromatic rings. The zero-order valence-electron chi connectivity index (χ0n) is 9.67. The topological polar surface area (TPSA) is 74.7 Å². The van der Waals surface area contributed by atoms with E-state index in [4.69, 9.17) is 10.9 Å². The van der Waals surface area contributed by atoms with Crippen molar-refractivity contribution < 1.29 is 5.21 Å². The predicted molar refractivity (Wildman–Crippen MR) is 63.1 cm³/mol. The molecule has 0 aliphatic rings. The van der Waals surface area contributed by atoms with Crippen LogP contribution < -0.4 is 5.73 Å². The summed E-state index contributed by atoms with van der Waals surface area (Å²) in [5, 5.41) is 11.6. The number of nitrogens with two attached hydrogens (primary N) is 1. The Kier molecular flexibility index (Phi) is 4.72. The minimum atomic E-state index is 0.0387. The standard InChI is InChI=1S/C11H18N4O/c1-9(11(12)14-16)7-15(2)8-10-3-5-13-6-4-10/h3-6,9,16H,7-8H2,1-2H3,(H2,12,14). The Labute approximate surface area is 95.6 Å². The lowest BCUT2D eigenvalue weighted by atomic mass is 10.1. The monoisotopic (exact) mass is 222 g/mol. The first-order valence-corrected chi connectivity index (χ1v) is 5.18.